The number of rotatable bonds is 2. The van der Waals surface area contributed by atoms with E-state index in [1.807, 2.05) is 0 Å². The van der Waals surface area contributed by atoms with Gasteiger partial charge in [-0.15, -0.1) is 0 Å². The number of benzene rings is 7. The van der Waals surface area contributed by atoms with Gasteiger partial charge in [-0.1, -0.05) is 160 Å². The zero-order valence-corrected chi connectivity index (χ0v) is 35.6. The van der Waals surface area contributed by atoms with Gasteiger partial charge < -0.3 is 4.90 Å². The molecule has 0 aromatic heterocycles. The lowest BCUT2D eigenvalue weighted by Crippen LogP contribution is -2.43. The summed E-state index contributed by atoms with van der Waals surface area (Å²) in [5.74, 6) is 0. The highest BCUT2D eigenvalue weighted by Gasteiger charge is 2.52. The predicted octanol–water partition coefficient (Wildman–Crippen LogP) is 15.0. The Morgan fingerprint density at radius 3 is 0.966 bits per heavy atom. The maximum atomic E-state index is 2.71. The molecular formula is C57H51N. The number of hydrogen-bond donors (Lipinski definition) is 0. The highest BCUT2D eigenvalue weighted by atomic mass is 15.2. The fourth-order valence-corrected chi connectivity index (χ4v) is 12.3. The first-order valence-corrected chi connectivity index (χ1v) is 21.4. The van der Waals surface area contributed by atoms with E-state index in [0.29, 0.717) is 0 Å². The number of hydrogen-bond acceptors (Lipinski definition) is 1. The molecule has 1 heteroatoms. The van der Waals surface area contributed by atoms with Crippen LogP contribution in [0.5, 0.6) is 0 Å². The molecule has 7 aromatic rings. The first-order chi connectivity index (χ1) is 27.5. The maximum absolute atomic E-state index is 2.71. The van der Waals surface area contributed by atoms with Crippen LogP contribution in [-0.2, 0) is 27.1 Å². The fraction of sp³-hybridized carbons (Fsp3) is 0.263. The molecule has 0 unspecified atom stereocenters. The molecule has 7 aromatic carbocycles. The average Bonchev–Trinajstić information content (AvgIpc) is 3.58. The predicted molar refractivity (Wildman–Crippen MR) is 244 cm³/mol. The Bertz CT molecular complexity index is 2830. The lowest BCUT2D eigenvalue weighted by atomic mass is 9.60. The van der Waals surface area contributed by atoms with Crippen LogP contribution in [0.15, 0.2) is 127 Å². The maximum Gasteiger partial charge on any atom is 0.0544 e. The molecule has 0 N–H and O–H groups in total. The molecule has 0 bridgehead atoms. The number of para-hydroxylation sites is 1. The van der Waals surface area contributed by atoms with Crippen molar-refractivity contribution in [3.8, 4) is 44.5 Å². The van der Waals surface area contributed by atoms with Crippen molar-refractivity contribution in [2.75, 3.05) is 4.90 Å². The molecule has 0 fully saturated rings. The molecule has 1 nitrogen and oxygen atoms in total. The van der Waals surface area contributed by atoms with Crippen molar-refractivity contribution in [1.29, 1.82) is 0 Å². The van der Waals surface area contributed by atoms with E-state index in [-0.39, 0.29) is 27.1 Å². The van der Waals surface area contributed by atoms with Crippen LogP contribution in [0.3, 0.4) is 0 Å². The van der Waals surface area contributed by atoms with Crippen LogP contribution >= 0.6 is 0 Å². The monoisotopic (exact) mass is 749 g/mol. The second kappa shape index (κ2) is 10.5. The molecule has 0 atom stereocenters. The minimum Gasteiger partial charge on any atom is -0.309 e. The lowest BCUT2D eigenvalue weighted by Gasteiger charge is -2.55. The lowest BCUT2D eigenvalue weighted by molar-refractivity contribution is 0.567. The van der Waals surface area contributed by atoms with E-state index in [0.717, 1.165) is 0 Å². The van der Waals surface area contributed by atoms with E-state index in [1.54, 1.807) is 0 Å². The van der Waals surface area contributed by atoms with Gasteiger partial charge in [-0.25, -0.2) is 0 Å². The van der Waals surface area contributed by atoms with Gasteiger partial charge in [0, 0.05) is 27.1 Å². The SMILES string of the molecule is CC1(C)c2ccccc2-c2ccc(-c3cc4c5c(c3)C(C)(C)c3cc(-c6ccc7c(c6)C(C)(C)c6ccccc6-7)cc6c3N5c3c(cccc3C6(C)C)C4(C)C)cc21. The van der Waals surface area contributed by atoms with Crippen molar-refractivity contribution in [3.05, 3.63) is 183 Å². The summed E-state index contributed by atoms with van der Waals surface area (Å²) in [5, 5.41) is 0. The van der Waals surface area contributed by atoms with Crippen LogP contribution in [0.4, 0.5) is 17.1 Å². The van der Waals surface area contributed by atoms with Crippen molar-refractivity contribution in [3.63, 3.8) is 0 Å². The Labute approximate surface area is 344 Å². The summed E-state index contributed by atoms with van der Waals surface area (Å²) in [6, 6.07) is 49.8. The van der Waals surface area contributed by atoms with Gasteiger partial charge in [0.15, 0.2) is 0 Å². The largest absolute Gasteiger partial charge is 0.309 e. The molecule has 3 aliphatic heterocycles. The van der Waals surface area contributed by atoms with Crippen molar-refractivity contribution in [2.45, 2.75) is 96.3 Å². The highest BCUT2D eigenvalue weighted by molar-refractivity contribution is 6.00. The summed E-state index contributed by atoms with van der Waals surface area (Å²) in [7, 11) is 0. The zero-order chi connectivity index (χ0) is 40.1. The standard InChI is InChI=1S/C57H51N/c1-53(2)40-18-13-11-16-36(40)38-24-22-32(26-44(38)53)34-28-46-51-48(30-34)57(9,10)49-31-35(33-23-25-39-37-17-12-14-19-41(37)54(3,4)45(39)27-33)29-47-52(49)58(51)50-42(55(46,5)6)20-15-21-43(50)56(47,7)8/h11-31H,1-10H3. The zero-order valence-electron chi connectivity index (χ0n) is 35.6. The molecule has 12 rings (SSSR count). The van der Waals surface area contributed by atoms with Crippen LogP contribution in [0, 0.1) is 0 Å². The first-order valence-electron chi connectivity index (χ1n) is 21.4. The van der Waals surface area contributed by atoms with Gasteiger partial charge >= 0.3 is 0 Å². The first kappa shape index (κ1) is 34.4. The quantitative estimate of drug-likeness (QED) is 0.170. The second-order valence-corrected chi connectivity index (χ2v) is 20.6. The van der Waals surface area contributed by atoms with Crippen LogP contribution in [0.1, 0.15) is 125 Å². The third-order valence-electron chi connectivity index (χ3n) is 15.8. The number of nitrogens with zero attached hydrogens (tertiary/aromatic N) is 1. The van der Waals surface area contributed by atoms with Gasteiger partial charge in [0.05, 0.1) is 17.1 Å². The van der Waals surface area contributed by atoms with Gasteiger partial charge in [-0.2, -0.15) is 0 Å². The van der Waals surface area contributed by atoms with E-state index < -0.39 is 0 Å². The summed E-state index contributed by atoms with van der Waals surface area (Å²) in [6.07, 6.45) is 0. The fourth-order valence-electron chi connectivity index (χ4n) is 12.3. The van der Waals surface area contributed by atoms with Crippen LogP contribution in [0.25, 0.3) is 44.5 Å². The molecule has 0 radical (unpaired) electrons. The summed E-state index contributed by atoms with van der Waals surface area (Å²) in [6.45, 7) is 24.4. The molecule has 284 valence electrons. The minimum absolute atomic E-state index is 0.0554. The highest BCUT2D eigenvalue weighted by Crippen LogP contribution is 2.67. The summed E-state index contributed by atoms with van der Waals surface area (Å²) < 4.78 is 0. The Hall–Kier alpha value is -5.66. The molecule has 58 heavy (non-hydrogen) atoms. The van der Waals surface area contributed by atoms with E-state index in [1.165, 1.54) is 117 Å². The van der Waals surface area contributed by atoms with Crippen LogP contribution < -0.4 is 4.90 Å². The smallest absolute Gasteiger partial charge is 0.0544 e. The van der Waals surface area contributed by atoms with E-state index >= 15 is 0 Å². The van der Waals surface area contributed by atoms with Crippen LogP contribution in [0.2, 0.25) is 0 Å². The minimum atomic E-state index is -0.259. The molecule has 0 saturated heterocycles. The Morgan fingerprint density at radius 1 is 0.259 bits per heavy atom. The van der Waals surface area contributed by atoms with Gasteiger partial charge in [0.1, 0.15) is 0 Å². The van der Waals surface area contributed by atoms with Crippen molar-refractivity contribution in [2.24, 2.45) is 0 Å². The average molecular weight is 750 g/mol. The van der Waals surface area contributed by atoms with Crippen molar-refractivity contribution in [1.82, 2.24) is 0 Å². The molecule has 3 heterocycles. The summed E-state index contributed by atoms with van der Waals surface area (Å²) >= 11 is 0. The summed E-state index contributed by atoms with van der Waals surface area (Å²) in [5.41, 5.74) is 28.3. The molecule has 5 aliphatic rings. The van der Waals surface area contributed by atoms with Gasteiger partial charge in [-0.05, 0) is 137 Å². The molecule has 0 amide bonds. The van der Waals surface area contributed by atoms with Gasteiger partial charge in [-0.3, -0.25) is 0 Å². The van der Waals surface area contributed by atoms with Crippen molar-refractivity contribution < 1.29 is 0 Å². The third kappa shape index (κ3) is 3.94. The number of fused-ring (bicyclic) bond motifs is 6. The van der Waals surface area contributed by atoms with E-state index in [2.05, 4.69) is 202 Å². The normalized spacial score (nSPS) is 18.8. The summed E-state index contributed by atoms with van der Waals surface area (Å²) in [4.78, 5) is 2.71. The van der Waals surface area contributed by atoms with Gasteiger partial charge in [0.2, 0.25) is 0 Å². The Kier molecular flexibility index (Phi) is 6.22. The van der Waals surface area contributed by atoms with E-state index in [4.69, 9.17) is 0 Å². The van der Waals surface area contributed by atoms with E-state index in [9.17, 15) is 0 Å². The Balaban J connectivity index is 1.11. The second-order valence-electron chi connectivity index (χ2n) is 20.6. The van der Waals surface area contributed by atoms with Crippen molar-refractivity contribution >= 4 is 17.1 Å². The Morgan fingerprint density at radius 2 is 0.552 bits per heavy atom. The molecule has 0 saturated carbocycles. The topological polar surface area (TPSA) is 3.24 Å². The van der Waals surface area contributed by atoms with Gasteiger partial charge in [0.25, 0.3) is 0 Å². The number of anilines is 3. The molecule has 0 spiro atoms. The molecular weight excluding hydrogens is 699 g/mol. The van der Waals surface area contributed by atoms with Crippen LogP contribution in [-0.4, -0.2) is 0 Å². The molecule has 2 aliphatic carbocycles. The third-order valence-corrected chi connectivity index (χ3v) is 15.8.